The van der Waals surface area contributed by atoms with E-state index in [9.17, 15) is 9.90 Å². The minimum Gasteiger partial charge on any atom is -0.480 e. The molecule has 1 aliphatic rings. The van der Waals surface area contributed by atoms with Crippen molar-refractivity contribution in [3.8, 4) is 0 Å². The molecule has 0 aliphatic heterocycles. The number of aryl methyl sites for hydroxylation is 1. The second-order valence-electron chi connectivity index (χ2n) is 4.86. The van der Waals surface area contributed by atoms with Crippen LogP contribution in [0, 0.1) is 0 Å². The van der Waals surface area contributed by atoms with Crippen molar-refractivity contribution in [1.29, 1.82) is 0 Å². The second kappa shape index (κ2) is 6.26. The maximum Gasteiger partial charge on any atom is 0.324 e. The predicted octanol–water partition coefficient (Wildman–Crippen LogP) is 2.66. The zero-order valence-corrected chi connectivity index (χ0v) is 12.4. The molecule has 0 saturated heterocycles. The van der Waals surface area contributed by atoms with Crippen molar-refractivity contribution in [1.82, 2.24) is 5.32 Å². The number of nitrogens with one attached hydrogen (secondary N) is 1. The molecule has 0 amide bonds. The SMILES string of the molecule is [N-]=[N+]=NCCNC1(C(=O)O)CCc2cc(Br)ccc2C1. The first-order chi connectivity index (χ1) is 9.57. The molecule has 0 bridgehead atoms. The number of aliphatic carboxylic acids is 1. The van der Waals surface area contributed by atoms with E-state index in [-0.39, 0.29) is 6.54 Å². The number of azide groups is 1. The monoisotopic (exact) mass is 338 g/mol. The summed E-state index contributed by atoms with van der Waals surface area (Å²) in [5.74, 6) is -0.855. The molecule has 1 aromatic carbocycles. The van der Waals surface area contributed by atoms with Crippen molar-refractivity contribution in [2.45, 2.75) is 24.8 Å². The summed E-state index contributed by atoms with van der Waals surface area (Å²) in [6.45, 7) is 0.612. The molecule has 2 N–H and O–H groups in total. The van der Waals surface area contributed by atoms with Crippen LogP contribution in [0.2, 0.25) is 0 Å². The number of hydrogen-bond donors (Lipinski definition) is 2. The molecule has 6 nitrogen and oxygen atoms in total. The summed E-state index contributed by atoms with van der Waals surface area (Å²) in [6.07, 6.45) is 1.69. The van der Waals surface area contributed by atoms with E-state index >= 15 is 0 Å². The van der Waals surface area contributed by atoms with Gasteiger partial charge in [-0.1, -0.05) is 27.1 Å². The lowest BCUT2D eigenvalue weighted by Gasteiger charge is -2.35. The van der Waals surface area contributed by atoms with Gasteiger partial charge in [-0.3, -0.25) is 4.79 Å². The van der Waals surface area contributed by atoms with Crippen LogP contribution in [0.25, 0.3) is 10.4 Å². The maximum atomic E-state index is 11.6. The van der Waals surface area contributed by atoms with Crippen LogP contribution in [0.1, 0.15) is 17.5 Å². The van der Waals surface area contributed by atoms with Crippen molar-refractivity contribution in [2.24, 2.45) is 5.11 Å². The minimum atomic E-state index is -0.966. The predicted molar refractivity (Wildman–Crippen MR) is 78.5 cm³/mol. The van der Waals surface area contributed by atoms with Gasteiger partial charge in [-0.15, -0.1) is 0 Å². The Balaban J connectivity index is 2.17. The number of hydrogen-bond acceptors (Lipinski definition) is 3. The van der Waals surface area contributed by atoms with Crippen molar-refractivity contribution >= 4 is 21.9 Å². The highest BCUT2D eigenvalue weighted by molar-refractivity contribution is 9.10. The average Bonchev–Trinajstić information content (AvgIpc) is 2.43. The van der Waals surface area contributed by atoms with Crippen LogP contribution in [0.15, 0.2) is 27.8 Å². The van der Waals surface area contributed by atoms with E-state index < -0.39 is 11.5 Å². The normalized spacial score (nSPS) is 20.9. The molecule has 7 heteroatoms. The standard InChI is InChI=1S/C13H15BrN4O2/c14-11-2-1-10-8-13(12(19)20,4-3-9(10)7-11)16-5-6-17-18-15/h1-2,7,16H,3-6,8H2,(H,19,20). The Morgan fingerprint density at radius 3 is 3.05 bits per heavy atom. The van der Waals surface area contributed by atoms with Crippen molar-refractivity contribution in [3.05, 3.63) is 44.2 Å². The third-order valence-corrected chi connectivity index (χ3v) is 4.12. The molecule has 1 aliphatic carbocycles. The lowest BCUT2D eigenvalue weighted by atomic mass is 9.78. The summed E-state index contributed by atoms with van der Waals surface area (Å²) >= 11 is 3.43. The second-order valence-corrected chi connectivity index (χ2v) is 5.77. The fourth-order valence-corrected chi connectivity index (χ4v) is 2.97. The number of nitrogens with zero attached hydrogens (tertiary/aromatic N) is 3. The minimum absolute atomic E-state index is 0.249. The first kappa shape index (κ1) is 14.8. The van der Waals surface area contributed by atoms with Crippen LogP contribution in [-0.2, 0) is 17.6 Å². The molecule has 20 heavy (non-hydrogen) atoms. The topological polar surface area (TPSA) is 98.1 Å². The molecule has 0 saturated carbocycles. The number of carbonyl (C=O) groups is 1. The molecule has 0 heterocycles. The van der Waals surface area contributed by atoms with Gasteiger partial charge in [0.1, 0.15) is 5.54 Å². The number of benzene rings is 1. The van der Waals surface area contributed by atoms with Gasteiger partial charge in [0, 0.05) is 28.9 Å². The van der Waals surface area contributed by atoms with Crippen molar-refractivity contribution in [2.75, 3.05) is 13.1 Å². The fourth-order valence-electron chi connectivity index (χ4n) is 2.56. The van der Waals surface area contributed by atoms with Crippen molar-refractivity contribution in [3.63, 3.8) is 0 Å². The van der Waals surface area contributed by atoms with Gasteiger partial charge in [0.05, 0.1) is 0 Å². The quantitative estimate of drug-likeness (QED) is 0.373. The summed E-state index contributed by atoms with van der Waals surface area (Å²) in [4.78, 5) is 14.3. The zero-order chi connectivity index (χ0) is 14.6. The van der Waals surface area contributed by atoms with Crippen LogP contribution in [0.5, 0.6) is 0 Å². The highest BCUT2D eigenvalue weighted by Crippen LogP contribution is 2.31. The van der Waals surface area contributed by atoms with Gasteiger partial charge in [0.15, 0.2) is 0 Å². The van der Waals surface area contributed by atoms with E-state index in [0.29, 0.717) is 19.4 Å². The third-order valence-electron chi connectivity index (χ3n) is 3.63. The van der Waals surface area contributed by atoms with Crippen LogP contribution in [0.4, 0.5) is 0 Å². The summed E-state index contributed by atoms with van der Waals surface area (Å²) in [5.41, 5.74) is 9.52. The molecule has 0 aromatic heterocycles. The molecule has 0 spiro atoms. The highest BCUT2D eigenvalue weighted by atomic mass is 79.9. The van der Waals surface area contributed by atoms with E-state index in [4.69, 9.17) is 5.53 Å². The summed E-state index contributed by atoms with van der Waals surface area (Å²) in [7, 11) is 0. The van der Waals surface area contributed by atoms with E-state index in [1.54, 1.807) is 0 Å². The van der Waals surface area contributed by atoms with E-state index in [0.717, 1.165) is 16.5 Å². The van der Waals surface area contributed by atoms with Crippen LogP contribution < -0.4 is 5.32 Å². The molecule has 106 valence electrons. The molecule has 0 fully saturated rings. The lowest BCUT2D eigenvalue weighted by molar-refractivity contribution is -0.145. The molecule has 1 aromatic rings. The average molecular weight is 339 g/mol. The summed E-state index contributed by atoms with van der Waals surface area (Å²) in [6, 6.07) is 5.93. The molecule has 1 atom stereocenters. The Hall–Kier alpha value is -1.56. The van der Waals surface area contributed by atoms with E-state index in [1.807, 2.05) is 18.2 Å². The van der Waals surface area contributed by atoms with Gasteiger partial charge in [0.2, 0.25) is 0 Å². The Morgan fingerprint density at radius 2 is 2.35 bits per heavy atom. The number of halogens is 1. The molecule has 2 rings (SSSR count). The van der Waals surface area contributed by atoms with Crippen LogP contribution >= 0.6 is 15.9 Å². The van der Waals surface area contributed by atoms with Crippen LogP contribution in [0.3, 0.4) is 0 Å². The smallest absolute Gasteiger partial charge is 0.324 e. The molecular formula is C13H15BrN4O2. The lowest BCUT2D eigenvalue weighted by Crippen LogP contribution is -2.56. The summed E-state index contributed by atoms with van der Waals surface area (Å²) < 4.78 is 1.01. The van der Waals surface area contributed by atoms with Gasteiger partial charge < -0.3 is 10.4 Å². The third kappa shape index (κ3) is 3.12. The zero-order valence-electron chi connectivity index (χ0n) is 10.8. The molecular weight excluding hydrogens is 324 g/mol. The Labute approximate surface area is 124 Å². The van der Waals surface area contributed by atoms with E-state index in [2.05, 4.69) is 31.3 Å². The first-order valence-corrected chi connectivity index (χ1v) is 7.13. The van der Waals surface area contributed by atoms with Gasteiger partial charge in [-0.2, -0.15) is 0 Å². The summed E-state index contributed by atoms with van der Waals surface area (Å²) in [5, 5.41) is 16.0. The van der Waals surface area contributed by atoms with Gasteiger partial charge in [-0.25, -0.2) is 0 Å². The Bertz CT molecular complexity index is 571. The Kier molecular flexibility index (Phi) is 4.65. The van der Waals surface area contributed by atoms with Gasteiger partial charge >= 0.3 is 5.97 Å². The number of carboxylic acid groups (broad SMARTS) is 1. The first-order valence-electron chi connectivity index (χ1n) is 6.34. The highest BCUT2D eigenvalue weighted by Gasteiger charge is 2.40. The van der Waals surface area contributed by atoms with Gasteiger partial charge in [0.25, 0.3) is 0 Å². The molecule has 0 radical (unpaired) electrons. The number of rotatable bonds is 5. The number of carboxylic acids is 1. The van der Waals surface area contributed by atoms with Gasteiger partial charge in [-0.05, 0) is 41.6 Å². The Morgan fingerprint density at radius 1 is 1.55 bits per heavy atom. The number of fused-ring (bicyclic) bond motifs is 1. The molecule has 1 unspecified atom stereocenters. The van der Waals surface area contributed by atoms with Crippen LogP contribution in [-0.4, -0.2) is 29.7 Å². The van der Waals surface area contributed by atoms with E-state index in [1.165, 1.54) is 5.56 Å². The fraction of sp³-hybridized carbons (Fsp3) is 0.462. The largest absolute Gasteiger partial charge is 0.480 e. The van der Waals surface area contributed by atoms with Crippen molar-refractivity contribution < 1.29 is 9.90 Å². The maximum absolute atomic E-state index is 11.6.